The molecule has 92 valence electrons. The summed E-state index contributed by atoms with van der Waals surface area (Å²) in [5.74, 6) is 0.208. The zero-order chi connectivity index (χ0) is 12.1. The maximum atomic E-state index is 11.9. The Hall–Kier alpha value is -0.970. The average molecular weight is 254 g/mol. The Bertz CT molecular complexity index is 391. The van der Waals surface area contributed by atoms with Gasteiger partial charge >= 0.3 is 0 Å². The van der Waals surface area contributed by atoms with Gasteiger partial charge in [-0.3, -0.25) is 14.7 Å². The van der Waals surface area contributed by atoms with Crippen LogP contribution in [0.5, 0.6) is 0 Å². The number of piperazine rings is 1. The number of carbonyl (C=O) groups is 1. The predicted molar refractivity (Wildman–Crippen MR) is 67.3 cm³/mol. The van der Waals surface area contributed by atoms with Crippen LogP contribution < -0.4 is 5.32 Å². The van der Waals surface area contributed by atoms with Crippen molar-refractivity contribution in [1.82, 2.24) is 15.2 Å². The van der Waals surface area contributed by atoms with Crippen molar-refractivity contribution in [3.05, 3.63) is 29.0 Å². The summed E-state index contributed by atoms with van der Waals surface area (Å²) in [7, 11) is 0. The second-order valence-corrected chi connectivity index (χ2v) is 4.62. The quantitative estimate of drug-likeness (QED) is 0.860. The molecule has 1 aliphatic rings. The first kappa shape index (κ1) is 12.5. The number of ketones is 1. The summed E-state index contributed by atoms with van der Waals surface area (Å²) in [6, 6.07) is 1.80. The molecular formula is C12H16ClN3O. The minimum absolute atomic E-state index is 0.208. The van der Waals surface area contributed by atoms with Crippen molar-refractivity contribution in [3.8, 4) is 0 Å². The molecule has 2 heterocycles. The fraction of sp³-hybridized carbons (Fsp3) is 0.500. The second kappa shape index (κ2) is 6.10. The third-order valence-electron chi connectivity index (χ3n) is 2.85. The Labute approximate surface area is 106 Å². The lowest BCUT2D eigenvalue weighted by molar-refractivity contribution is -0.119. The van der Waals surface area contributed by atoms with Gasteiger partial charge in [0.05, 0.1) is 11.6 Å². The number of Topliss-reactive ketones (excluding diaryl/α,β-unsaturated/α-hetero) is 1. The monoisotopic (exact) mass is 253 g/mol. The van der Waals surface area contributed by atoms with Crippen molar-refractivity contribution in [2.24, 2.45) is 0 Å². The summed E-state index contributed by atoms with van der Waals surface area (Å²) in [6.07, 6.45) is 3.64. The van der Waals surface area contributed by atoms with E-state index in [2.05, 4.69) is 15.2 Å². The Morgan fingerprint density at radius 2 is 2.24 bits per heavy atom. The normalized spacial score (nSPS) is 17.0. The third-order valence-corrected chi connectivity index (χ3v) is 3.19. The van der Waals surface area contributed by atoms with Gasteiger partial charge in [0.15, 0.2) is 5.78 Å². The van der Waals surface area contributed by atoms with Crippen LogP contribution in [0.15, 0.2) is 18.5 Å². The zero-order valence-corrected chi connectivity index (χ0v) is 10.4. The van der Waals surface area contributed by atoms with E-state index >= 15 is 0 Å². The molecule has 0 unspecified atom stereocenters. The lowest BCUT2D eigenvalue weighted by Crippen LogP contribution is -2.45. The summed E-state index contributed by atoms with van der Waals surface area (Å²) < 4.78 is 0. The number of hydrogen-bond donors (Lipinski definition) is 1. The molecule has 0 spiro atoms. The average Bonchev–Trinajstić information content (AvgIpc) is 2.33. The molecule has 1 N–H and O–H groups in total. The molecule has 0 atom stereocenters. The summed E-state index contributed by atoms with van der Waals surface area (Å²) >= 11 is 5.97. The van der Waals surface area contributed by atoms with Crippen LogP contribution in [-0.4, -0.2) is 48.4 Å². The SMILES string of the molecule is O=C(Cc1ccncc1Cl)CN1CCNCC1. The van der Waals surface area contributed by atoms with Crippen molar-refractivity contribution in [2.75, 3.05) is 32.7 Å². The highest BCUT2D eigenvalue weighted by molar-refractivity contribution is 6.31. The summed E-state index contributed by atoms with van der Waals surface area (Å²) in [5.41, 5.74) is 0.863. The Morgan fingerprint density at radius 3 is 2.94 bits per heavy atom. The molecule has 0 saturated carbocycles. The molecule has 1 aromatic heterocycles. The van der Waals surface area contributed by atoms with Crippen molar-refractivity contribution in [2.45, 2.75) is 6.42 Å². The lowest BCUT2D eigenvalue weighted by Gasteiger charge is -2.26. The summed E-state index contributed by atoms with van der Waals surface area (Å²) in [4.78, 5) is 18.0. The molecule has 1 aromatic rings. The molecular weight excluding hydrogens is 238 g/mol. The maximum absolute atomic E-state index is 11.9. The highest BCUT2D eigenvalue weighted by Gasteiger charge is 2.14. The number of aromatic nitrogens is 1. The molecule has 1 aliphatic heterocycles. The molecule has 0 aromatic carbocycles. The highest BCUT2D eigenvalue weighted by Crippen LogP contribution is 2.14. The molecule has 0 aliphatic carbocycles. The van der Waals surface area contributed by atoms with Crippen LogP contribution in [0.3, 0.4) is 0 Å². The van der Waals surface area contributed by atoms with Gasteiger partial charge in [0.1, 0.15) is 0 Å². The van der Waals surface area contributed by atoms with E-state index in [1.54, 1.807) is 18.5 Å². The first-order valence-electron chi connectivity index (χ1n) is 5.79. The molecule has 0 amide bonds. The van der Waals surface area contributed by atoms with Crippen molar-refractivity contribution < 1.29 is 4.79 Å². The van der Waals surface area contributed by atoms with E-state index in [-0.39, 0.29) is 5.78 Å². The van der Waals surface area contributed by atoms with E-state index in [0.717, 1.165) is 31.7 Å². The standard InChI is InChI=1S/C12H16ClN3O/c13-12-8-15-2-1-10(12)7-11(17)9-16-5-3-14-4-6-16/h1-2,8,14H,3-7,9H2. The van der Waals surface area contributed by atoms with Gasteiger partial charge in [-0.1, -0.05) is 11.6 Å². The number of nitrogens with zero attached hydrogens (tertiary/aromatic N) is 2. The van der Waals surface area contributed by atoms with Crippen LogP contribution in [-0.2, 0) is 11.2 Å². The Kier molecular flexibility index (Phi) is 4.48. The summed E-state index contributed by atoms with van der Waals surface area (Å²) in [6.45, 7) is 4.32. The molecule has 5 heteroatoms. The first-order valence-corrected chi connectivity index (χ1v) is 6.16. The molecule has 1 fully saturated rings. The van der Waals surface area contributed by atoms with Gasteiger partial charge in [0, 0.05) is 45.0 Å². The number of rotatable bonds is 4. The van der Waals surface area contributed by atoms with Crippen LogP contribution in [0.1, 0.15) is 5.56 Å². The zero-order valence-electron chi connectivity index (χ0n) is 9.66. The van der Waals surface area contributed by atoms with Gasteiger partial charge in [-0.25, -0.2) is 0 Å². The first-order chi connectivity index (χ1) is 8.25. The number of hydrogen-bond acceptors (Lipinski definition) is 4. The van der Waals surface area contributed by atoms with E-state index in [0.29, 0.717) is 18.0 Å². The van der Waals surface area contributed by atoms with E-state index in [1.807, 2.05) is 0 Å². The van der Waals surface area contributed by atoms with Crippen molar-refractivity contribution in [3.63, 3.8) is 0 Å². The topological polar surface area (TPSA) is 45.2 Å². The fourth-order valence-electron chi connectivity index (χ4n) is 1.93. The van der Waals surface area contributed by atoms with Crippen LogP contribution in [0.25, 0.3) is 0 Å². The lowest BCUT2D eigenvalue weighted by atomic mass is 10.1. The predicted octanol–water partition coefficient (Wildman–Crippen LogP) is 0.752. The van der Waals surface area contributed by atoms with Gasteiger partial charge in [0.2, 0.25) is 0 Å². The van der Waals surface area contributed by atoms with Gasteiger partial charge < -0.3 is 5.32 Å². The minimum atomic E-state index is 0.208. The van der Waals surface area contributed by atoms with Crippen LogP contribution in [0.2, 0.25) is 5.02 Å². The van der Waals surface area contributed by atoms with E-state index in [9.17, 15) is 4.79 Å². The number of carbonyl (C=O) groups excluding carboxylic acids is 1. The van der Waals surface area contributed by atoms with E-state index < -0.39 is 0 Å². The largest absolute Gasteiger partial charge is 0.314 e. The molecule has 1 saturated heterocycles. The highest BCUT2D eigenvalue weighted by atomic mass is 35.5. The second-order valence-electron chi connectivity index (χ2n) is 4.21. The number of pyridine rings is 1. The summed E-state index contributed by atoms with van der Waals surface area (Å²) in [5, 5.41) is 3.83. The Balaban J connectivity index is 1.86. The molecule has 0 bridgehead atoms. The van der Waals surface area contributed by atoms with Gasteiger partial charge in [0.25, 0.3) is 0 Å². The van der Waals surface area contributed by atoms with Gasteiger partial charge in [-0.2, -0.15) is 0 Å². The van der Waals surface area contributed by atoms with Crippen LogP contribution in [0, 0.1) is 0 Å². The van der Waals surface area contributed by atoms with Crippen molar-refractivity contribution in [1.29, 1.82) is 0 Å². The smallest absolute Gasteiger partial charge is 0.151 e. The van der Waals surface area contributed by atoms with Crippen LogP contribution >= 0.6 is 11.6 Å². The number of nitrogens with one attached hydrogen (secondary N) is 1. The fourth-order valence-corrected chi connectivity index (χ4v) is 2.12. The minimum Gasteiger partial charge on any atom is -0.314 e. The van der Waals surface area contributed by atoms with Gasteiger partial charge in [-0.05, 0) is 11.6 Å². The Morgan fingerprint density at radius 1 is 1.47 bits per heavy atom. The van der Waals surface area contributed by atoms with E-state index in [4.69, 9.17) is 11.6 Å². The molecule has 17 heavy (non-hydrogen) atoms. The van der Waals surface area contributed by atoms with Crippen molar-refractivity contribution >= 4 is 17.4 Å². The number of halogens is 1. The third kappa shape index (κ3) is 3.77. The molecule has 4 nitrogen and oxygen atoms in total. The molecule has 2 rings (SSSR count). The van der Waals surface area contributed by atoms with Gasteiger partial charge in [-0.15, -0.1) is 0 Å². The molecule has 0 radical (unpaired) electrons. The van der Waals surface area contributed by atoms with Crippen LogP contribution in [0.4, 0.5) is 0 Å². The van der Waals surface area contributed by atoms with E-state index in [1.165, 1.54) is 0 Å². The maximum Gasteiger partial charge on any atom is 0.151 e.